The van der Waals surface area contributed by atoms with Gasteiger partial charge < -0.3 is 15.7 Å². The molecular formula is C13H26N2O2. The van der Waals surface area contributed by atoms with E-state index in [4.69, 9.17) is 10.8 Å². The van der Waals surface area contributed by atoms with Gasteiger partial charge >= 0.3 is 5.97 Å². The van der Waals surface area contributed by atoms with Crippen LogP contribution in [0.3, 0.4) is 0 Å². The molecule has 1 atom stereocenters. The van der Waals surface area contributed by atoms with Crippen molar-refractivity contribution < 1.29 is 9.90 Å². The third-order valence-electron chi connectivity index (χ3n) is 4.49. The summed E-state index contributed by atoms with van der Waals surface area (Å²) < 4.78 is 0. The van der Waals surface area contributed by atoms with Crippen molar-refractivity contribution in [2.45, 2.75) is 52.0 Å². The maximum atomic E-state index is 10.6. The quantitative estimate of drug-likeness (QED) is 0.744. The van der Waals surface area contributed by atoms with E-state index in [-0.39, 0.29) is 0 Å². The van der Waals surface area contributed by atoms with E-state index >= 15 is 0 Å². The van der Waals surface area contributed by atoms with Crippen molar-refractivity contribution in [3.8, 4) is 0 Å². The van der Waals surface area contributed by atoms with Gasteiger partial charge in [0.25, 0.3) is 0 Å². The minimum Gasteiger partial charge on any atom is -0.480 e. The Bertz CT molecular complexity index is 242. The van der Waals surface area contributed by atoms with Crippen molar-refractivity contribution in [1.82, 2.24) is 4.90 Å². The fourth-order valence-electron chi connectivity index (χ4n) is 2.65. The average molecular weight is 242 g/mol. The summed E-state index contributed by atoms with van der Waals surface area (Å²) >= 11 is 0. The van der Waals surface area contributed by atoms with Gasteiger partial charge in [0.05, 0.1) is 0 Å². The van der Waals surface area contributed by atoms with Crippen LogP contribution in [0.4, 0.5) is 0 Å². The summed E-state index contributed by atoms with van der Waals surface area (Å²) in [5.41, 5.74) is 6.05. The van der Waals surface area contributed by atoms with Crippen LogP contribution in [0.15, 0.2) is 0 Å². The number of nitrogens with two attached hydrogens (primary N) is 1. The molecule has 0 aromatic carbocycles. The van der Waals surface area contributed by atoms with Crippen LogP contribution in [0.25, 0.3) is 0 Å². The molecule has 0 saturated carbocycles. The Kier molecular flexibility index (Phi) is 5.40. The van der Waals surface area contributed by atoms with Gasteiger partial charge in [-0.2, -0.15) is 0 Å². The molecular weight excluding hydrogens is 216 g/mol. The maximum absolute atomic E-state index is 10.6. The van der Waals surface area contributed by atoms with Crippen LogP contribution in [0.2, 0.25) is 0 Å². The SMILES string of the molecule is CCC1(CC)CCN(CCC(N)C(=O)O)CC1. The number of hydrogen-bond acceptors (Lipinski definition) is 3. The molecule has 4 nitrogen and oxygen atoms in total. The Labute approximate surface area is 104 Å². The first-order valence-corrected chi connectivity index (χ1v) is 6.74. The summed E-state index contributed by atoms with van der Waals surface area (Å²) in [5.74, 6) is -0.890. The van der Waals surface area contributed by atoms with Gasteiger partial charge in [0.15, 0.2) is 0 Å². The third kappa shape index (κ3) is 3.96. The summed E-state index contributed by atoms with van der Waals surface area (Å²) in [6.45, 7) is 7.55. The van der Waals surface area contributed by atoms with E-state index in [1.807, 2.05) is 0 Å². The number of rotatable bonds is 6. The first-order valence-electron chi connectivity index (χ1n) is 6.74. The molecule has 1 aliphatic rings. The minimum absolute atomic E-state index is 0.533. The lowest BCUT2D eigenvalue weighted by atomic mass is 9.74. The molecule has 0 radical (unpaired) electrons. The van der Waals surface area contributed by atoms with Crippen LogP contribution in [0.1, 0.15) is 46.0 Å². The fourth-order valence-corrected chi connectivity index (χ4v) is 2.65. The van der Waals surface area contributed by atoms with Gasteiger partial charge in [-0.25, -0.2) is 0 Å². The third-order valence-corrected chi connectivity index (χ3v) is 4.49. The van der Waals surface area contributed by atoms with Crippen LogP contribution >= 0.6 is 0 Å². The minimum atomic E-state index is -0.890. The van der Waals surface area contributed by atoms with E-state index in [1.165, 1.54) is 25.7 Å². The highest BCUT2D eigenvalue weighted by Crippen LogP contribution is 2.37. The molecule has 0 aromatic heterocycles. The number of carboxylic acid groups (broad SMARTS) is 1. The molecule has 0 aliphatic carbocycles. The summed E-state index contributed by atoms with van der Waals surface area (Å²) in [4.78, 5) is 13.0. The Morgan fingerprint density at radius 2 is 1.88 bits per heavy atom. The molecule has 100 valence electrons. The Morgan fingerprint density at radius 3 is 2.29 bits per heavy atom. The number of piperidine rings is 1. The summed E-state index contributed by atoms with van der Waals surface area (Å²) in [5, 5.41) is 8.73. The Balaban J connectivity index is 2.30. The molecule has 17 heavy (non-hydrogen) atoms. The molecule has 1 unspecified atom stereocenters. The number of nitrogens with zero attached hydrogens (tertiary/aromatic N) is 1. The van der Waals surface area contributed by atoms with E-state index < -0.39 is 12.0 Å². The van der Waals surface area contributed by atoms with Crippen LogP contribution in [-0.2, 0) is 4.79 Å². The molecule has 0 spiro atoms. The summed E-state index contributed by atoms with van der Waals surface area (Å²) in [7, 11) is 0. The van der Waals surface area contributed by atoms with Crippen molar-refractivity contribution in [2.75, 3.05) is 19.6 Å². The highest BCUT2D eigenvalue weighted by Gasteiger charge is 2.31. The van der Waals surface area contributed by atoms with E-state index in [1.54, 1.807) is 0 Å². The van der Waals surface area contributed by atoms with Gasteiger partial charge in [-0.3, -0.25) is 4.79 Å². The van der Waals surface area contributed by atoms with Gasteiger partial charge in [0, 0.05) is 6.54 Å². The van der Waals surface area contributed by atoms with Gasteiger partial charge in [0.2, 0.25) is 0 Å². The lowest BCUT2D eigenvalue weighted by Crippen LogP contribution is -2.42. The summed E-state index contributed by atoms with van der Waals surface area (Å²) in [6, 6.07) is -0.709. The average Bonchev–Trinajstić information content (AvgIpc) is 2.36. The largest absolute Gasteiger partial charge is 0.480 e. The van der Waals surface area contributed by atoms with E-state index in [0.717, 1.165) is 19.6 Å². The number of aliphatic carboxylic acids is 1. The molecule has 0 bridgehead atoms. The van der Waals surface area contributed by atoms with Gasteiger partial charge in [-0.1, -0.05) is 26.7 Å². The Morgan fingerprint density at radius 1 is 1.35 bits per heavy atom. The van der Waals surface area contributed by atoms with Crippen LogP contribution in [0, 0.1) is 5.41 Å². The van der Waals surface area contributed by atoms with Crippen LogP contribution in [-0.4, -0.2) is 41.7 Å². The van der Waals surface area contributed by atoms with Crippen LogP contribution < -0.4 is 5.73 Å². The number of hydrogen-bond donors (Lipinski definition) is 2. The highest BCUT2D eigenvalue weighted by atomic mass is 16.4. The smallest absolute Gasteiger partial charge is 0.320 e. The van der Waals surface area contributed by atoms with Gasteiger partial charge in [0.1, 0.15) is 6.04 Å². The second-order valence-corrected chi connectivity index (χ2v) is 5.28. The lowest BCUT2D eigenvalue weighted by Gasteiger charge is -2.41. The molecule has 0 aromatic rings. The normalized spacial score (nSPS) is 22.3. The van der Waals surface area contributed by atoms with E-state index in [0.29, 0.717) is 11.8 Å². The molecule has 4 heteroatoms. The van der Waals surface area contributed by atoms with E-state index in [2.05, 4.69) is 18.7 Å². The number of carboxylic acids is 1. The van der Waals surface area contributed by atoms with Gasteiger partial charge in [-0.15, -0.1) is 0 Å². The van der Waals surface area contributed by atoms with Crippen molar-refractivity contribution in [3.05, 3.63) is 0 Å². The monoisotopic (exact) mass is 242 g/mol. The maximum Gasteiger partial charge on any atom is 0.320 e. The number of carbonyl (C=O) groups is 1. The fraction of sp³-hybridized carbons (Fsp3) is 0.923. The predicted octanol–water partition coefficient (Wildman–Crippen LogP) is 1.69. The Hall–Kier alpha value is -0.610. The first kappa shape index (κ1) is 14.5. The highest BCUT2D eigenvalue weighted by molar-refractivity contribution is 5.72. The molecule has 3 N–H and O–H groups in total. The van der Waals surface area contributed by atoms with Crippen molar-refractivity contribution >= 4 is 5.97 Å². The molecule has 1 saturated heterocycles. The lowest BCUT2D eigenvalue weighted by molar-refractivity contribution is -0.138. The molecule has 0 amide bonds. The molecule has 1 fully saturated rings. The second-order valence-electron chi connectivity index (χ2n) is 5.28. The first-order chi connectivity index (χ1) is 8.03. The second kappa shape index (κ2) is 6.36. The summed E-state index contributed by atoms with van der Waals surface area (Å²) in [6.07, 6.45) is 5.54. The van der Waals surface area contributed by atoms with E-state index in [9.17, 15) is 4.79 Å². The topological polar surface area (TPSA) is 66.6 Å². The zero-order valence-electron chi connectivity index (χ0n) is 11.1. The molecule has 1 heterocycles. The number of likely N-dealkylation sites (tertiary alicyclic amines) is 1. The zero-order valence-corrected chi connectivity index (χ0v) is 11.1. The van der Waals surface area contributed by atoms with Crippen LogP contribution in [0.5, 0.6) is 0 Å². The zero-order chi connectivity index (χ0) is 12.9. The van der Waals surface area contributed by atoms with Gasteiger partial charge in [-0.05, 0) is 37.8 Å². The van der Waals surface area contributed by atoms with Crippen molar-refractivity contribution in [2.24, 2.45) is 11.1 Å². The molecule has 1 rings (SSSR count). The van der Waals surface area contributed by atoms with Crippen molar-refractivity contribution in [1.29, 1.82) is 0 Å². The van der Waals surface area contributed by atoms with Crippen molar-refractivity contribution in [3.63, 3.8) is 0 Å². The standard InChI is InChI=1S/C13H26N2O2/c1-3-13(4-2)6-9-15(10-7-13)8-5-11(14)12(16)17/h11H,3-10,14H2,1-2H3,(H,16,17). The molecule has 1 aliphatic heterocycles. The predicted molar refractivity (Wildman–Crippen MR) is 68.9 cm³/mol.